The van der Waals surface area contributed by atoms with Crippen LogP contribution in [0.3, 0.4) is 0 Å². The van der Waals surface area contributed by atoms with Crippen LogP contribution >= 0.6 is 15.9 Å². The Morgan fingerprint density at radius 1 is 1.18 bits per heavy atom. The minimum absolute atomic E-state index is 0.142. The van der Waals surface area contributed by atoms with Gasteiger partial charge in [0.15, 0.2) is 5.43 Å². The van der Waals surface area contributed by atoms with E-state index in [1.54, 1.807) is 18.1 Å². The molecule has 3 aromatic rings. The van der Waals surface area contributed by atoms with Gasteiger partial charge in [-0.15, -0.1) is 0 Å². The van der Waals surface area contributed by atoms with Crippen LogP contribution in [-0.4, -0.2) is 31.1 Å². The van der Waals surface area contributed by atoms with Gasteiger partial charge in [-0.2, -0.15) is 0 Å². The second-order valence-electron chi connectivity index (χ2n) is 6.98. The van der Waals surface area contributed by atoms with Crippen LogP contribution in [0.2, 0.25) is 0 Å². The summed E-state index contributed by atoms with van der Waals surface area (Å²) in [6.07, 6.45) is 0.674. The summed E-state index contributed by atoms with van der Waals surface area (Å²) in [6.45, 7) is 2.94. The fourth-order valence-electron chi connectivity index (χ4n) is 3.77. The third kappa shape index (κ3) is 3.16. The van der Waals surface area contributed by atoms with Crippen LogP contribution in [-0.2, 0) is 4.74 Å². The number of methoxy groups -OCH3 is 1. The van der Waals surface area contributed by atoms with E-state index in [0.29, 0.717) is 36.1 Å². The molecule has 1 atom stereocenters. The molecule has 0 radical (unpaired) electrons. The number of benzene rings is 2. The van der Waals surface area contributed by atoms with Crippen molar-refractivity contribution in [2.75, 3.05) is 20.3 Å². The molecule has 1 aromatic heterocycles. The molecule has 2 heterocycles. The normalized spacial score (nSPS) is 16.0. The minimum Gasteiger partial charge on any atom is -0.450 e. The maximum Gasteiger partial charge on any atom is 0.290 e. The standard InChI is InChI=1S/C22H20BrNO4/c1-13-7-8-17-16(11-13)20(25)18-19(14-5-3-6-15(23)12-14)24(9-4-10-27-2)22(26)21(18)28-17/h3,5-8,11-12,19H,4,9-10H2,1-2H3. The number of ether oxygens (including phenoxy) is 1. The van der Waals surface area contributed by atoms with E-state index in [0.717, 1.165) is 15.6 Å². The Hall–Kier alpha value is -2.44. The van der Waals surface area contributed by atoms with Crippen molar-refractivity contribution >= 4 is 32.8 Å². The van der Waals surface area contributed by atoms with E-state index in [9.17, 15) is 9.59 Å². The summed E-state index contributed by atoms with van der Waals surface area (Å²) < 4.78 is 12.0. The number of aryl methyl sites for hydroxylation is 1. The number of carbonyl (C=O) groups excluding carboxylic acids is 1. The van der Waals surface area contributed by atoms with Gasteiger partial charge in [-0.3, -0.25) is 9.59 Å². The van der Waals surface area contributed by atoms with Crippen LogP contribution in [0.15, 0.2) is 56.1 Å². The zero-order chi connectivity index (χ0) is 19.8. The molecule has 0 saturated heterocycles. The lowest BCUT2D eigenvalue weighted by Crippen LogP contribution is -2.31. The van der Waals surface area contributed by atoms with Crippen molar-refractivity contribution < 1.29 is 13.9 Å². The SMILES string of the molecule is COCCCN1C(=O)c2oc3ccc(C)cc3c(=O)c2C1c1cccc(Br)c1. The fourth-order valence-corrected chi connectivity index (χ4v) is 4.18. The molecule has 6 heteroatoms. The van der Waals surface area contributed by atoms with E-state index in [2.05, 4.69) is 15.9 Å². The van der Waals surface area contributed by atoms with Crippen molar-refractivity contribution in [1.29, 1.82) is 0 Å². The minimum atomic E-state index is -0.474. The second-order valence-corrected chi connectivity index (χ2v) is 7.89. The highest BCUT2D eigenvalue weighted by molar-refractivity contribution is 9.10. The number of carbonyl (C=O) groups is 1. The molecule has 1 amide bonds. The zero-order valence-electron chi connectivity index (χ0n) is 15.7. The third-order valence-electron chi connectivity index (χ3n) is 5.03. The first-order chi connectivity index (χ1) is 13.5. The molecule has 0 N–H and O–H groups in total. The average Bonchev–Trinajstić information content (AvgIpc) is 2.95. The molecule has 0 fully saturated rings. The van der Waals surface area contributed by atoms with E-state index in [-0.39, 0.29) is 17.1 Å². The number of nitrogens with zero attached hydrogens (tertiary/aromatic N) is 1. The summed E-state index contributed by atoms with van der Waals surface area (Å²) in [7, 11) is 1.63. The molecule has 0 aliphatic carbocycles. The number of rotatable bonds is 5. The Kier molecular flexibility index (Phi) is 5.08. The van der Waals surface area contributed by atoms with Gasteiger partial charge >= 0.3 is 0 Å². The van der Waals surface area contributed by atoms with Gasteiger partial charge in [-0.1, -0.05) is 39.7 Å². The smallest absolute Gasteiger partial charge is 0.290 e. The van der Waals surface area contributed by atoms with Gasteiger partial charge in [0.2, 0.25) is 5.76 Å². The lowest BCUT2D eigenvalue weighted by atomic mass is 9.98. The first kappa shape index (κ1) is 18.9. The lowest BCUT2D eigenvalue weighted by molar-refractivity contribution is 0.0708. The Labute approximate surface area is 171 Å². The molecular formula is C22H20BrNO4. The number of amides is 1. The molecule has 0 bridgehead atoms. The molecule has 1 aliphatic rings. The van der Waals surface area contributed by atoms with E-state index >= 15 is 0 Å². The van der Waals surface area contributed by atoms with Crippen LogP contribution in [0.4, 0.5) is 0 Å². The highest BCUT2D eigenvalue weighted by Crippen LogP contribution is 2.38. The summed E-state index contributed by atoms with van der Waals surface area (Å²) in [5.74, 6) is -0.112. The summed E-state index contributed by atoms with van der Waals surface area (Å²) in [4.78, 5) is 28.3. The van der Waals surface area contributed by atoms with E-state index in [1.165, 1.54) is 0 Å². The maximum atomic E-state index is 13.4. The molecule has 1 unspecified atom stereocenters. The first-order valence-electron chi connectivity index (χ1n) is 9.14. The van der Waals surface area contributed by atoms with Crippen molar-refractivity contribution in [3.8, 4) is 0 Å². The largest absolute Gasteiger partial charge is 0.450 e. The van der Waals surface area contributed by atoms with Gasteiger partial charge in [-0.25, -0.2) is 0 Å². The number of hydrogen-bond donors (Lipinski definition) is 0. The molecule has 144 valence electrons. The van der Waals surface area contributed by atoms with Crippen molar-refractivity contribution in [1.82, 2.24) is 4.90 Å². The highest BCUT2D eigenvalue weighted by Gasteiger charge is 2.42. The monoisotopic (exact) mass is 441 g/mol. The molecule has 2 aromatic carbocycles. The number of halogens is 1. The topological polar surface area (TPSA) is 59.8 Å². The fraction of sp³-hybridized carbons (Fsp3) is 0.273. The highest BCUT2D eigenvalue weighted by atomic mass is 79.9. The number of hydrogen-bond acceptors (Lipinski definition) is 4. The quantitative estimate of drug-likeness (QED) is 0.548. The molecule has 4 rings (SSSR count). The first-order valence-corrected chi connectivity index (χ1v) is 9.93. The molecule has 1 aliphatic heterocycles. The molecule has 28 heavy (non-hydrogen) atoms. The molecule has 5 nitrogen and oxygen atoms in total. The van der Waals surface area contributed by atoms with Gasteiger partial charge < -0.3 is 14.1 Å². The van der Waals surface area contributed by atoms with Gasteiger partial charge in [0.25, 0.3) is 5.91 Å². The van der Waals surface area contributed by atoms with Crippen LogP contribution in [0.5, 0.6) is 0 Å². The van der Waals surface area contributed by atoms with Gasteiger partial charge in [0.1, 0.15) is 5.58 Å². The molecular weight excluding hydrogens is 422 g/mol. The molecule has 0 spiro atoms. The van der Waals surface area contributed by atoms with Gasteiger partial charge in [0.05, 0.1) is 17.0 Å². The Morgan fingerprint density at radius 2 is 2.00 bits per heavy atom. The maximum absolute atomic E-state index is 13.4. The zero-order valence-corrected chi connectivity index (χ0v) is 17.3. The summed E-state index contributed by atoms with van der Waals surface area (Å²) in [6, 6.07) is 12.7. The summed E-state index contributed by atoms with van der Waals surface area (Å²) >= 11 is 3.49. The Morgan fingerprint density at radius 3 is 2.75 bits per heavy atom. The van der Waals surface area contributed by atoms with Crippen LogP contribution in [0.25, 0.3) is 11.0 Å². The van der Waals surface area contributed by atoms with E-state index in [4.69, 9.17) is 9.15 Å². The Balaban J connectivity index is 1.93. The predicted octanol–water partition coefficient (Wildman–Crippen LogP) is 4.45. The van der Waals surface area contributed by atoms with E-state index < -0.39 is 6.04 Å². The van der Waals surface area contributed by atoms with Crippen LogP contribution in [0.1, 0.15) is 39.7 Å². The molecule has 0 saturated carbocycles. The summed E-state index contributed by atoms with van der Waals surface area (Å²) in [5, 5.41) is 0.505. The van der Waals surface area contributed by atoms with Crippen molar-refractivity contribution in [2.45, 2.75) is 19.4 Å². The third-order valence-corrected chi connectivity index (χ3v) is 5.53. The van der Waals surface area contributed by atoms with Crippen LogP contribution in [0, 0.1) is 6.92 Å². The lowest BCUT2D eigenvalue weighted by Gasteiger charge is -2.25. The Bertz CT molecular complexity index is 1120. The number of fused-ring (bicyclic) bond motifs is 2. The van der Waals surface area contributed by atoms with E-state index in [1.807, 2.05) is 43.3 Å². The van der Waals surface area contributed by atoms with Gasteiger partial charge in [0, 0.05) is 24.7 Å². The van der Waals surface area contributed by atoms with Crippen molar-refractivity contribution in [3.63, 3.8) is 0 Å². The van der Waals surface area contributed by atoms with Crippen molar-refractivity contribution in [2.24, 2.45) is 0 Å². The second kappa shape index (κ2) is 7.53. The summed E-state index contributed by atoms with van der Waals surface area (Å²) in [5.41, 5.74) is 2.55. The average molecular weight is 442 g/mol. The van der Waals surface area contributed by atoms with Crippen LogP contribution < -0.4 is 5.43 Å². The van der Waals surface area contributed by atoms with Crippen molar-refractivity contribution in [3.05, 3.63) is 79.6 Å². The van der Waals surface area contributed by atoms with Gasteiger partial charge in [-0.05, 0) is 43.2 Å². The predicted molar refractivity (Wildman–Crippen MR) is 111 cm³/mol.